The molecule has 0 aliphatic heterocycles. The van der Waals surface area contributed by atoms with E-state index in [4.69, 9.17) is 5.11 Å². The molecule has 56 valence electrons. The third-order valence-electron chi connectivity index (χ3n) is 0.262. The van der Waals surface area contributed by atoms with Gasteiger partial charge in [-0.2, -0.15) is 0 Å². The zero-order valence-corrected chi connectivity index (χ0v) is 7.67. The molecule has 10 heavy (non-hydrogen) atoms. The van der Waals surface area contributed by atoms with Crippen molar-refractivity contribution in [2.45, 2.75) is 13.8 Å². The third-order valence-corrected chi connectivity index (χ3v) is 0.262. The Morgan fingerprint density at radius 3 is 1.80 bits per heavy atom. The predicted octanol–water partition coefficient (Wildman–Crippen LogP) is -1.65. The molecule has 0 aliphatic rings. The molecule has 0 bridgehead atoms. The van der Waals surface area contributed by atoms with Crippen molar-refractivity contribution in [3.63, 3.8) is 0 Å². The summed E-state index contributed by atoms with van der Waals surface area (Å²) in [4.78, 5) is 9.27. The Morgan fingerprint density at radius 1 is 1.50 bits per heavy atom. The van der Waals surface area contributed by atoms with Crippen molar-refractivity contribution in [3.8, 4) is 0 Å². The Morgan fingerprint density at radius 2 is 1.80 bits per heavy atom. The summed E-state index contributed by atoms with van der Waals surface area (Å²) in [5, 5.41) is 18.2. The molecule has 4 nitrogen and oxygen atoms in total. The molecule has 0 radical (unpaired) electrons. The predicted molar refractivity (Wildman–Crippen MR) is 33.3 cm³/mol. The molecular formula is C5H10MgO4. The van der Waals surface area contributed by atoms with E-state index in [-0.39, 0.29) is 36.3 Å². The number of carboxylic acid groups (broad SMARTS) is 1. The molecule has 0 aromatic heterocycles. The van der Waals surface area contributed by atoms with Gasteiger partial charge in [0.05, 0.1) is 0 Å². The molecule has 0 atom stereocenters. The summed E-state index contributed by atoms with van der Waals surface area (Å²) in [7, 11) is 0. The van der Waals surface area contributed by atoms with Crippen LogP contribution >= 0.6 is 0 Å². The average Bonchev–Trinajstić information content (AvgIpc) is 1.67. The van der Waals surface area contributed by atoms with Gasteiger partial charge in [0.2, 0.25) is 0 Å². The Balaban J connectivity index is -0.000000107. The van der Waals surface area contributed by atoms with Gasteiger partial charge in [0.1, 0.15) is 0 Å². The monoisotopic (exact) mass is 158 g/mol. The largest absolute Gasteiger partial charge is 2.00 e. The van der Waals surface area contributed by atoms with Gasteiger partial charge < -0.3 is 19.7 Å². The molecular weight excluding hydrogens is 148 g/mol. The standard InChI is InChI=1S/C3H6O3.C2H5O.Mg/c1-2-6-3(4)5;1-2-3;/h2H2,1H3,(H,4,5);2H2,1H3;/q;-1;+2/p-1. The number of hydrogen-bond acceptors (Lipinski definition) is 4. The van der Waals surface area contributed by atoms with Gasteiger partial charge in [-0.25, -0.2) is 0 Å². The van der Waals surface area contributed by atoms with Gasteiger partial charge in [-0.15, -0.1) is 6.61 Å². The van der Waals surface area contributed by atoms with E-state index < -0.39 is 6.16 Å². The van der Waals surface area contributed by atoms with Gasteiger partial charge in [-0.3, -0.25) is 0 Å². The second kappa shape index (κ2) is 16.0. The molecule has 0 fully saturated rings. The van der Waals surface area contributed by atoms with Gasteiger partial charge in [0.15, 0.2) is 0 Å². The second-order valence-electron chi connectivity index (χ2n) is 0.972. The van der Waals surface area contributed by atoms with Crippen LogP contribution in [-0.4, -0.2) is 42.4 Å². The van der Waals surface area contributed by atoms with Crippen molar-refractivity contribution in [3.05, 3.63) is 0 Å². The zero-order chi connectivity index (χ0) is 7.70. The molecule has 0 saturated heterocycles. The van der Waals surface area contributed by atoms with Crippen LogP contribution in [0.15, 0.2) is 0 Å². The minimum Gasteiger partial charge on any atom is -0.855 e. The van der Waals surface area contributed by atoms with Crippen LogP contribution in [0.4, 0.5) is 4.79 Å². The zero-order valence-electron chi connectivity index (χ0n) is 6.25. The number of hydrogen-bond donors (Lipinski definition) is 0. The molecule has 0 amide bonds. The maximum absolute atomic E-state index is 9.27. The summed E-state index contributed by atoms with van der Waals surface area (Å²) in [6.07, 6.45) is -1.46. The number of carbonyl (C=O) groups excluding carboxylic acids is 1. The third kappa shape index (κ3) is 43.6. The Bertz CT molecular complexity index is 66.7. The Labute approximate surface area is 76.3 Å². The number of carbonyl (C=O) groups is 1. The van der Waals surface area contributed by atoms with E-state index in [0.717, 1.165) is 0 Å². The summed E-state index contributed by atoms with van der Waals surface area (Å²) >= 11 is 0. The topological polar surface area (TPSA) is 72.4 Å². The van der Waals surface area contributed by atoms with Crippen LogP contribution in [0.3, 0.4) is 0 Å². The summed E-state index contributed by atoms with van der Waals surface area (Å²) in [5.74, 6) is 0. The van der Waals surface area contributed by atoms with Gasteiger partial charge in [-0.05, 0) is 6.92 Å². The fourth-order valence-electron chi connectivity index (χ4n) is 0.118. The molecule has 0 aliphatic carbocycles. The first kappa shape index (κ1) is 16.5. The normalized spacial score (nSPS) is 6.30. The minimum absolute atomic E-state index is 0. The molecule has 0 saturated carbocycles. The first-order valence-electron chi connectivity index (χ1n) is 2.60. The maximum Gasteiger partial charge on any atom is 2.00 e. The van der Waals surface area contributed by atoms with E-state index >= 15 is 0 Å². The molecule has 0 unspecified atom stereocenters. The van der Waals surface area contributed by atoms with E-state index in [2.05, 4.69) is 4.74 Å². The van der Waals surface area contributed by atoms with Crippen LogP contribution in [0.2, 0.25) is 0 Å². The summed E-state index contributed by atoms with van der Waals surface area (Å²) in [5.41, 5.74) is 0. The molecule has 0 aromatic carbocycles. The van der Waals surface area contributed by atoms with Crippen LogP contribution in [-0.2, 0) is 4.74 Å². The van der Waals surface area contributed by atoms with Gasteiger partial charge in [0, 0.05) is 6.61 Å². The first-order valence-corrected chi connectivity index (χ1v) is 2.60. The van der Waals surface area contributed by atoms with Gasteiger partial charge in [0.25, 0.3) is 6.16 Å². The summed E-state index contributed by atoms with van der Waals surface area (Å²) < 4.78 is 3.85. The van der Waals surface area contributed by atoms with Crippen LogP contribution in [0, 0.1) is 0 Å². The van der Waals surface area contributed by atoms with Crippen molar-refractivity contribution in [2.24, 2.45) is 0 Å². The first-order chi connectivity index (χ1) is 4.18. The second-order valence-corrected chi connectivity index (χ2v) is 0.972. The summed E-state index contributed by atoms with van der Waals surface area (Å²) in [6.45, 7) is 3.32. The molecule has 0 spiro atoms. The van der Waals surface area contributed by atoms with E-state index in [9.17, 15) is 9.90 Å². The van der Waals surface area contributed by atoms with Crippen LogP contribution < -0.4 is 10.2 Å². The van der Waals surface area contributed by atoms with E-state index in [1.54, 1.807) is 13.8 Å². The molecule has 0 N–H and O–H groups in total. The maximum atomic E-state index is 9.27. The van der Waals surface area contributed by atoms with Crippen molar-refractivity contribution in [1.29, 1.82) is 0 Å². The smallest absolute Gasteiger partial charge is 0.855 e. The van der Waals surface area contributed by atoms with Crippen LogP contribution in [0.5, 0.6) is 0 Å². The molecule has 0 heterocycles. The Kier molecular flexibility index (Phi) is 26.4. The van der Waals surface area contributed by atoms with E-state index in [1.165, 1.54) is 0 Å². The van der Waals surface area contributed by atoms with Crippen molar-refractivity contribution in [2.75, 3.05) is 13.2 Å². The molecule has 0 rings (SSSR count). The van der Waals surface area contributed by atoms with Gasteiger partial charge in [-0.1, -0.05) is 6.92 Å². The fourth-order valence-corrected chi connectivity index (χ4v) is 0.118. The average molecular weight is 158 g/mol. The van der Waals surface area contributed by atoms with Crippen LogP contribution in [0.1, 0.15) is 13.8 Å². The van der Waals surface area contributed by atoms with E-state index in [1.807, 2.05) is 0 Å². The Hall–Kier alpha value is -0.00377. The van der Waals surface area contributed by atoms with Gasteiger partial charge >= 0.3 is 23.1 Å². The van der Waals surface area contributed by atoms with E-state index in [0.29, 0.717) is 0 Å². The SMILES string of the molecule is CCOC(=O)[O-].CC[O-].[Mg+2]. The number of rotatable bonds is 1. The number of ether oxygens (including phenoxy) is 1. The molecule has 0 aromatic rings. The van der Waals surface area contributed by atoms with Crippen molar-refractivity contribution in [1.82, 2.24) is 0 Å². The van der Waals surface area contributed by atoms with Crippen molar-refractivity contribution < 1.29 is 19.7 Å². The molecule has 5 heteroatoms. The van der Waals surface area contributed by atoms with Crippen molar-refractivity contribution >= 4 is 29.2 Å². The van der Waals surface area contributed by atoms with Crippen LogP contribution in [0.25, 0.3) is 0 Å². The minimum atomic E-state index is -1.46. The summed E-state index contributed by atoms with van der Waals surface area (Å²) in [6, 6.07) is 0. The fraction of sp³-hybridized carbons (Fsp3) is 0.800. The quantitative estimate of drug-likeness (QED) is 0.339.